The van der Waals surface area contributed by atoms with Gasteiger partial charge in [-0.15, -0.1) is 12.4 Å². The molecule has 5 heteroatoms. The number of rotatable bonds is 3. The Morgan fingerprint density at radius 1 is 1.28 bits per heavy atom. The third kappa shape index (κ3) is 3.77. The number of nitrogens with two attached hydrogens (primary N) is 1. The van der Waals surface area contributed by atoms with E-state index in [1.54, 1.807) is 19.2 Å². The molecule has 0 aliphatic heterocycles. The number of methoxy groups -OCH3 is 1. The van der Waals surface area contributed by atoms with Crippen LogP contribution in [0, 0.1) is 5.41 Å². The Labute approximate surface area is 114 Å². The zero-order valence-electron chi connectivity index (χ0n) is 11.2. The van der Waals surface area contributed by atoms with Crippen molar-refractivity contribution in [3.05, 3.63) is 23.8 Å². The zero-order valence-corrected chi connectivity index (χ0v) is 12.0. The number of ether oxygens (including phenoxy) is 1. The van der Waals surface area contributed by atoms with Gasteiger partial charge < -0.3 is 20.7 Å². The second-order valence-electron chi connectivity index (χ2n) is 5.26. The average molecular weight is 276 g/mol. The van der Waals surface area contributed by atoms with Crippen molar-refractivity contribution >= 4 is 12.4 Å². The van der Waals surface area contributed by atoms with Gasteiger partial charge in [-0.2, -0.15) is 0 Å². The summed E-state index contributed by atoms with van der Waals surface area (Å²) in [5.41, 5.74) is 6.12. The van der Waals surface area contributed by atoms with Gasteiger partial charge in [-0.3, -0.25) is 0 Å². The average Bonchev–Trinajstić information content (AvgIpc) is 2.26. The fourth-order valence-corrected chi connectivity index (χ4v) is 1.64. The number of hydrogen-bond donors (Lipinski definition) is 3. The van der Waals surface area contributed by atoms with E-state index < -0.39 is 12.1 Å². The number of aliphatic hydroxyl groups excluding tert-OH is 1. The van der Waals surface area contributed by atoms with Crippen molar-refractivity contribution in [3.63, 3.8) is 0 Å². The molecule has 104 valence electrons. The molecule has 0 radical (unpaired) electrons. The molecule has 2 atom stereocenters. The minimum absolute atomic E-state index is 0. The standard InChI is InChI=1S/C13H21NO3.ClH/c1-13(2,3)12(16)11(14)9-7-8(17-4)5-6-10(9)15;/h5-7,11-12,15-16H,14H2,1-4H3;1H/t11-,12-;/m1./s1. The van der Waals surface area contributed by atoms with Crippen LogP contribution in [-0.4, -0.2) is 23.4 Å². The normalized spacial score (nSPS) is 14.6. The van der Waals surface area contributed by atoms with E-state index in [9.17, 15) is 10.2 Å². The van der Waals surface area contributed by atoms with Crippen molar-refractivity contribution in [1.82, 2.24) is 0 Å². The van der Waals surface area contributed by atoms with Gasteiger partial charge in [0.1, 0.15) is 11.5 Å². The van der Waals surface area contributed by atoms with Crippen LogP contribution in [0.25, 0.3) is 0 Å². The Morgan fingerprint density at radius 2 is 1.83 bits per heavy atom. The van der Waals surface area contributed by atoms with E-state index in [1.165, 1.54) is 6.07 Å². The maximum absolute atomic E-state index is 10.1. The van der Waals surface area contributed by atoms with Crippen LogP contribution < -0.4 is 10.5 Å². The van der Waals surface area contributed by atoms with Gasteiger partial charge >= 0.3 is 0 Å². The number of phenolic OH excluding ortho intramolecular Hbond substituents is 1. The number of benzene rings is 1. The van der Waals surface area contributed by atoms with Crippen LogP contribution in [-0.2, 0) is 0 Å². The smallest absolute Gasteiger partial charge is 0.120 e. The molecule has 0 aromatic heterocycles. The molecule has 0 aliphatic rings. The highest BCUT2D eigenvalue weighted by atomic mass is 35.5. The van der Waals surface area contributed by atoms with Gasteiger partial charge in [0.15, 0.2) is 0 Å². The van der Waals surface area contributed by atoms with Crippen molar-refractivity contribution in [1.29, 1.82) is 0 Å². The predicted molar refractivity (Wildman–Crippen MR) is 74.3 cm³/mol. The molecule has 1 aromatic carbocycles. The van der Waals surface area contributed by atoms with Gasteiger partial charge in [0.2, 0.25) is 0 Å². The lowest BCUT2D eigenvalue weighted by atomic mass is 9.82. The van der Waals surface area contributed by atoms with Gasteiger partial charge in [-0.25, -0.2) is 0 Å². The van der Waals surface area contributed by atoms with Crippen molar-refractivity contribution in [2.45, 2.75) is 32.9 Å². The molecule has 0 spiro atoms. The third-order valence-electron chi connectivity index (χ3n) is 2.82. The van der Waals surface area contributed by atoms with Gasteiger partial charge in [0.05, 0.1) is 19.3 Å². The molecule has 0 unspecified atom stereocenters. The summed E-state index contributed by atoms with van der Waals surface area (Å²) in [6, 6.07) is 4.16. The Balaban J connectivity index is 0.00000289. The van der Waals surface area contributed by atoms with Crippen molar-refractivity contribution in [3.8, 4) is 11.5 Å². The summed E-state index contributed by atoms with van der Waals surface area (Å²) in [5, 5.41) is 19.9. The van der Waals surface area contributed by atoms with E-state index in [0.29, 0.717) is 11.3 Å². The van der Waals surface area contributed by atoms with Gasteiger partial charge in [-0.05, 0) is 23.6 Å². The molecular formula is C13H22ClNO3. The summed E-state index contributed by atoms with van der Waals surface area (Å²) in [4.78, 5) is 0. The molecule has 1 aromatic rings. The highest BCUT2D eigenvalue weighted by molar-refractivity contribution is 5.85. The van der Waals surface area contributed by atoms with E-state index in [2.05, 4.69) is 0 Å². The number of halogens is 1. The second kappa shape index (κ2) is 6.27. The van der Waals surface area contributed by atoms with E-state index in [-0.39, 0.29) is 23.6 Å². The fraction of sp³-hybridized carbons (Fsp3) is 0.538. The van der Waals surface area contributed by atoms with Crippen LogP contribution in [0.5, 0.6) is 11.5 Å². The molecule has 0 saturated carbocycles. The number of aliphatic hydroxyl groups is 1. The van der Waals surface area contributed by atoms with Gasteiger partial charge in [0.25, 0.3) is 0 Å². The summed E-state index contributed by atoms with van der Waals surface area (Å²) < 4.78 is 5.08. The first kappa shape index (κ1) is 17.0. The maximum Gasteiger partial charge on any atom is 0.120 e. The first-order valence-electron chi connectivity index (χ1n) is 5.58. The molecule has 1 rings (SSSR count). The molecule has 0 amide bonds. The summed E-state index contributed by atoms with van der Waals surface area (Å²) in [6.07, 6.45) is -0.750. The van der Waals surface area contributed by atoms with Crippen LogP contribution in [0.15, 0.2) is 18.2 Å². The summed E-state index contributed by atoms with van der Waals surface area (Å²) >= 11 is 0. The topological polar surface area (TPSA) is 75.7 Å². The largest absolute Gasteiger partial charge is 0.508 e. The zero-order chi connectivity index (χ0) is 13.2. The summed E-state index contributed by atoms with van der Waals surface area (Å²) in [5.74, 6) is 0.677. The molecule has 0 fully saturated rings. The molecule has 0 saturated heterocycles. The van der Waals surface area contributed by atoms with E-state index in [1.807, 2.05) is 20.8 Å². The molecule has 0 bridgehead atoms. The lowest BCUT2D eigenvalue weighted by Gasteiger charge is -2.31. The molecule has 18 heavy (non-hydrogen) atoms. The van der Waals surface area contributed by atoms with Crippen LogP contribution in [0.2, 0.25) is 0 Å². The first-order valence-corrected chi connectivity index (χ1v) is 5.58. The summed E-state index contributed by atoms with van der Waals surface area (Å²) in [7, 11) is 1.54. The third-order valence-corrected chi connectivity index (χ3v) is 2.82. The van der Waals surface area contributed by atoms with Crippen molar-refractivity contribution in [2.24, 2.45) is 11.1 Å². The van der Waals surface area contributed by atoms with E-state index in [0.717, 1.165) is 0 Å². The first-order chi connectivity index (χ1) is 7.77. The van der Waals surface area contributed by atoms with Crippen LogP contribution in [0.3, 0.4) is 0 Å². The van der Waals surface area contributed by atoms with Gasteiger partial charge in [-0.1, -0.05) is 20.8 Å². The molecule has 4 nitrogen and oxygen atoms in total. The lowest BCUT2D eigenvalue weighted by Crippen LogP contribution is -2.37. The Kier molecular flexibility index (Phi) is 5.93. The van der Waals surface area contributed by atoms with Crippen molar-refractivity contribution in [2.75, 3.05) is 7.11 Å². The fourth-order valence-electron chi connectivity index (χ4n) is 1.64. The monoisotopic (exact) mass is 275 g/mol. The highest BCUT2D eigenvalue weighted by Crippen LogP contribution is 2.34. The predicted octanol–water partition coefficient (Wildman–Crippen LogP) is 2.23. The van der Waals surface area contributed by atoms with Crippen LogP contribution >= 0.6 is 12.4 Å². The SMILES string of the molecule is COc1ccc(O)c([C@@H](N)[C@@H](O)C(C)(C)C)c1.Cl. The highest BCUT2D eigenvalue weighted by Gasteiger charge is 2.30. The number of aromatic hydroxyl groups is 1. The quantitative estimate of drug-likeness (QED) is 0.791. The van der Waals surface area contributed by atoms with Crippen LogP contribution in [0.4, 0.5) is 0 Å². The van der Waals surface area contributed by atoms with Crippen LogP contribution in [0.1, 0.15) is 32.4 Å². The van der Waals surface area contributed by atoms with Gasteiger partial charge in [0, 0.05) is 5.56 Å². The molecular weight excluding hydrogens is 254 g/mol. The second-order valence-corrected chi connectivity index (χ2v) is 5.26. The molecule has 0 heterocycles. The number of phenols is 1. The van der Waals surface area contributed by atoms with E-state index >= 15 is 0 Å². The lowest BCUT2D eigenvalue weighted by molar-refractivity contribution is 0.0394. The maximum atomic E-state index is 10.1. The minimum Gasteiger partial charge on any atom is -0.508 e. The van der Waals surface area contributed by atoms with Crippen molar-refractivity contribution < 1.29 is 14.9 Å². The summed E-state index contributed by atoms with van der Waals surface area (Å²) in [6.45, 7) is 5.69. The number of hydrogen-bond acceptors (Lipinski definition) is 4. The molecule has 0 aliphatic carbocycles. The Morgan fingerprint density at radius 3 is 2.28 bits per heavy atom. The minimum atomic E-state index is -0.750. The Bertz CT molecular complexity index is 390. The Hall–Kier alpha value is -0.970. The molecule has 4 N–H and O–H groups in total. The van der Waals surface area contributed by atoms with E-state index in [4.69, 9.17) is 10.5 Å².